The van der Waals surface area contributed by atoms with Gasteiger partial charge in [0, 0.05) is 6.04 Å². The molecule has 0 atom stereocenters. The first-order chi connectivity index (χ1) is 3.86. The summed E-state index contributed by atoms with van der Waals surface area (Å²) in [7, 11) is 2.05. The molecule has 1 saturated carbocycles. The predicted molar refractivity (Wildman–Crippen MR) is 35.9 cm³/mol. The van der Waals surface area contributed by atoms with Crippen LogP contribution in [0.5, 0.6) is 0 Å². The summed E-state index contributed by atoms with van der Waals surface area (Å²) in [6, 6.07) is 0.847. The minimum absolute atomic E-state index is 0.847. The van der Waals surface area contributed by atoms with Crippen molar-refractivity contribution in [1.29, 1.82) is 0 Å². The predicted octanol–water partition coefficient (Wildman–Crippen LogP) is 1.39. The molecule has 0 amide bonds. The monoisotopic (exact) mass is 113 g/mol. The zero-order valence-corrected chi connectivity index (χ0v) is 5.78. The molecule has 0 aromatic rings. The van der Waals surface area contributed by atoms with E-state index in [1.807, 2.05) is 0 Å². The number of rotatable bonds is 2. The Morgan fingerprint density at radius 3 is 2.50 bits per heavy atom. The molecule has 1 rings (SSSR count). The van der Waals surface area contributed by atoms with Gasteiger partial charge < -0.3 is 5.32 Å². The Kier molecular flexibility index (Phi) is 1.90. The summed E-state index contributed by atoms with van der Waals surface area (Å²) >= 11 is 0. The van der Waals surface area contributed by atoms with E-state index >= 15 is 0 Å². The van der Waals surface area contributed by atoms with Crippen molar-refractivity contribution in [2.24, 2.45) is 5.92 Å². The lowest BCUT2D eigenvalue weighted by molar-refractivity contribution is 0.227. The van der Waals surface area contributed by atoms with Crippen molar-refractivity contribution in [2.75, 3.05) is 7.05 Å². The molecule has 8 heavy (non-hydrogen) atoms. The van der Waals surface area contributed by atoms with Gasteiger partial charge in [0.2, 0.25) is 0 Å². The van der Waals surface area contributed by atoms with E-state index in [0.717, 1.165) is 12.0 Å². The smallest absolute Gasteiger partial charge is 0.00693 e. The summed E-state index contributed by atoms with van der Waals surface area (Å²) in [5.74, 6) is 1.03. The van der Waals surface area contributed by atoms with Crippen molar-refractivity contribution in [2.45, 2.75) is 32.2 Å². The topological polar surface area (TPSA) is 12.0 Å². The van der Waals surface area contributed by atoms with Crippen LogP contribution >= 0.6 is 0 Å². The van der Waals surface area contributed by atoms with E-state index in [1.165, 1.54) is 19.3 Å². The maximum atomic E-state index is 3.27. The first-order valence-electron chi connectivity index (χ1n) is 3.54. The summed E-state index contributed by atoms with van der Waals surface area (Å²) in [6.07, 6.45) is 4.19. The van der Waals surface area contributed by atoms with Crippen LogP contribution in [-0.4, -0.2) is 13.1 Å². The zero-order valence-electron chi connectivity index (χ0n) is 5.78. The highest BCUT2D eigenvalue weighted by molar-refractivity contribution is 4.82. The molecule has 1 nitrogen and oxygen atoms in total. The average Bonchev–Trinajstić information content (AvgIpc) is 1.65. The lowest BCUT2D eigenvalue weighted by atomic mass is 9.79. The highest BCUT2D eigenvalue weighted by atomic mass is 14.9. The summed E-state index contributed by atoms with van der Waals surface area (Å²) < 4.78 is 0. The van der Waals surface area contributed by atoms with E-state index in [-0.39, 0.29) is 0 Å². The van der Waals surface area contributed by atoms with E-state index < -0.39 is 0 Å². The van der Waals surface area contributed by atoms with Gasteiger partial charge in [-0.25, -0.2) is 0 Å². The minimum atomic E-state index is 0.847. The average molecular weight is 113 g/mol. The molecule has 0 bridgehead atoms. The molecule has 1 fully saturated rings. The van der Waals surface area contributed by atoms with Gasteiger partial charge in [0.15, 0.2) is 0 Å². The van der Waals surface area contributed by atoms with Gasteiger partial charge in [-0.3, -0.25) is 0 Å². The van der Waals surface area contributed by atoms with Crippen molar-refractivity contribution >= 4 is 0 Å². The largest absolute Gasteiger partial charge is 0.317 e. The van der Waals surface area contributed by atoms with Gasteiger partial charge in [0.25, 0.3) is 0 Å². The van der Waals surface area contributed by atoms with E-state index in [4.69, 9.17) is 0 Å². The molecule has 0 spiro atoms. The Morgan fingerprint density at radius 2 is 2.12 bits per heavy atom. The molecule has 0 aromatic heterocycles. The highest BCUT2D eigenvalue weighted by Gasteiger charge is 2.25. The molecule has 0 saturated heterocycles. The molecular formula is C7H15N. The third kappa shape index (κ3) is 1.03. The van der Waals surface area contributed by atoms with Gasteiger partial charge in [0.05, 0.1) is 0 Å². The highest BCUT2D eigenvalue weighted by Crippen LogP contribution is 2.29. The van der Waals surface area contributed by atoms with Crippen molar-refractivity contribution in [3.8, 4) is 0 Å². The SMILES string of the molecule is CC[C@H]1C[C@@H](NC)C1. The lowest BCUT2D eigenvalue weighted by Gasteiger charge is -2.34. The molecule has 0 aliphatic heterocycles. The van der Waals surface area contributed by atoms with Gasteiger partial charge in [-0.15, -0.1) is 0 Å². The molecular weight excluding hydrogens is 98.1 g/mol. The summed E-state index contributed by atoms with van der Waals surface area (Å²) in [4.78, 5) is 0. The fraction of sp³-hybridized carbons (Fsp3) is 1.00. The lowest BCUT2D eigenvalue weighted by Crippen LogP contribution is -2.38. The van der Waals surface area contributed by atoms with Crippen molar-refractivity contribution in [3.05, 3.63) is 0 Å². The Morgan fingerprint density at radius 1 is 1.50 bits per heavy atom. The maximum Gasteiger partial charge on any atom is 0.00693 e. The second-order valence-electron chi connectivity index (χ2n) is 2.73. The van der Waals surface area contributed by atoms with Gasteiger partial charge in [-0.1, -0.05) is 13.3 Å². The second-order valence-corrected chi connectivity index (χ2v) is 2.73. The Balaban J connectivity index is 2.03. The van der Waals surface area contributed by atoms with Gasteiger partial charge in [-0.2, -0.15) is 0 Å². The van der Waals surface area contributed by atoms with Crippen LogP contribution in [0.3, 0.4) is 0 Å². The minimum Gasteiger partial charge on any atom is -0.317 e. The van der Waals surface area contributed by atoms with E-state index in [1.54, 1.807) is 0 Å². The van der Waals surface area contributed by atoms with Crippen molar-refractivity contribution in [1.82, 2.24) is 5.32 Å². The van der Waals surface area contributed by atoms with Gasteiger partial charge in [-0.05, 0) is 25.8 Å². The first kappa shape index (κ1) is 6.09. The van der Waals surface area contributed by atoms with Crippen LogP contribution in [0, 0.1) is 5.92 Å². The molecule has 1 N–H and O–H groups in total. The molecule has 48 valence electrons. The number of hydrogen-bond donors (Lipinski definition) is 1. The quantitative estimate of drug-likeness (QED) is 0.570. The molecule has 1 heteroatoms. The summed E-state index contributed by atoms with van der Waals surface area (Å²) in [6.45, 7) is 2.27. The van der Waals surface area contributed by atoms with Crippen LogP contribution in [0.15, 0.2) is 0 Å². The maximum absolute atomic E-state index is 3.27. The molecule has 0 radical (unpaired) electrons. The Hall–Kier alpha value is -0.0400. The number of nitrogens with one attached hydrogen (secondary N) is 1. The molecule has 1 aliphatic carbocycles. The summed E-state index contributed by atoms with van der Waals surface area (Å²) in [5, 5.41) is 3.27. The van der Waals surface area contributed by atoms with E-state index in [0.29, 0.717) is 0 Å². The van der Waals surface area contributed by atoms with Crippen LogP contribution in [0.2, 0.25) is 0 Å². The standard InChI is InChI=1S/C7H15N/c1-3-6-4-7(5-6)8-2/h6-8H,3-5H2,1-2H3/t6-,7+. The third-order valence-corrected chi connectivity index (χ3v) is 2.22. The van der Waals surface area contributed by atoms with Crippen molar-refractivity contribution in [3.63, 3.8) is 0 Å². The van der Waals surface area contributed by atoms with Crippen LogP contribution < -0.4 is 5.32 Å². The first-order valence-corrected chi connectivity index (χ1v) is 3.54. The van der Waals surface area contributed by atoms with Crippen LogP contribution in [0.1, 0.15) is 26.2 Å². The third-order valence-electron chi connectivity index (χ3n) is 2.22. The molecule has 0 heterocycles. The fourth-order valence-corrected chi connectivity index (χ4v) is 1.30. The summed E-state index contributed by atoms with van der Waals surface area (Å²) in [5.41, 5.74) is 0. The van der Waals surface area contributed by atoms with Gasteiger partial charge in [0.1, 0.15) is 0 Å². The number of hydrogen-bond acceptors (Lipinski definition) is 1. The van der Waals surface area contributed by atoms with Gasteiger partial charge >= 0.3 is 0 Å². The van der Waals surface area contributed by atoms with Crippen LogP contribution in [0.25, 0.3) is 0 Å². The molecule has 0 aromatic carbocycles. The van der Waals surface area contributed by atoms with Crippen LogP contribution in [-0.2, 0) is 0 Å². The Bertz CT molecular complexity index is 56.8. The normalized spacial score (nSPS) is 36.8. The fourth-order valence-electron chi connectivity index (χ4n) is 1.30. The zero-order chi connectivity index (χ0) is 5.98. The van der Waals surface area contributed by atoms with Crippen molar-refractivity contribution < 1.29 is 0 Å². The second kappa shape index (κ2) is 2.49. The Labute approximate surface area is 51.5 Å². The molecule has 1 aliphatic rings. The van der Waals surface area contributed by atoms with E-state index in [2.05, 4.69) is 19.3 Å². The van der Waals surface area contributed by atoms with E-state index in [9.17, 15) is 0 Å². The van der Waals surface area contributed by atoms with Crippen LogP contribution in [0.4, 0.5) is 0 Å². The molecule has 0 unspecified atom stereocenters.